The zero-order chi connectivity index (χ0) is 17.6. The number of hydrogen-bond acceptors (Lipinski definition) is 3. The van der Waals surface area contributed by atoms with E-state index in [9.17, 15) is 5.11 Å². The number of rotatable bonds is 2. The number of dihydropyridines is 1. The van der Waals surface area contributed by atoms with Crippen molar-refractivity contribution in [3.8, 4) is 0 Å². The van der Waals surface area contributed by atoms with E-state index in [1.165, 1.54) is 0 Å². The summed E-state index contributed by atoms with van der Waals surface area (Å²) < 4.78 is 0. The van der Waals surface area contributed by atoms with Gasteiger partial charge in [-0.25, -0.2) is 4.98 Å². The number of aromatic amines is 1. The van der Waals surface area contributed by atoms with Crippen molar-refractivity contribution in [2.24, 2.45) is 0 Å². The lowest BCUT2D eigenvalue weighted by atomic mass is 9.94. The molecule has 3 N–H and O–H groups in total. The number of pyridine rings is 1. The zero-order valence-corrected chi connectivity index (χ0v) is 14.7. The van der Waals surface area contributed by atoms with Gasteiger partial charge >= 0.3 is 0 Å². The largest absolute Gasteiger partial charge is 0.368 e. The van der Waals surface area contributed by atoms with Crippen LogP contribution in [-0.4, -0.2) is 20.8 Å². The van der Waals surface area contributed by atoms with Crippen molar-refractivity contribution < 1.29 is 5.11 Å². The maximum Gasteiger partial charge on any atom is 0.152 e. The van der Waals surface area contributed by atoms with Gasteiger partial charge in [0.2, 0.25) is 0 Å². The number of nitrogens with zero attached hydrogens (tertiary/aromatic N) is 1. The molecule has 126 valence electrons. The van der Waals surface area contributed by atoms with Crippen molar-refractivity contribution in [2.75, 3.05) is 0 Å². The van der Waals surface area contributed by atoms with Gasteiger partial charge in [-0.15, -0.1) is 0 Å². The van der Waals surface area contributed by atoms with Crippen LogP contribution in [0.1, 0.15) is 23.7 Å². The molecule has 0 fully saturated rings. The highest BCUT2D eigenvalue weighted by Crippen LogP contribution is 2.34. The first-order valence-electron chi connectivity index (χ1n) is 8.08. The molecule has 1 aromatic carbocycles. The minimum Gasteiger partial charge on any atom is -0.368 e. The lowest BCUT2D eigenvalue weighted by Gasteiger charge is -2.30. The smallest absolute Gasteiger partial charge is 0.152 e. The molecule has 0 radical (unpaired) electrons. The van der Waals surface area contributed by atoms with Crippen LogP contribution in [0.2, 0.25) is 5.02 Å². The van der Waals surface area contributed by atoms with Crippen molar-refractivity contribution in [3.63, 3.8) is 0 Å². The summed E-state index contributed by atoms with van der Waals surface area (Å²) in [4.78, 5) is 7.63. The molecule has 0 amide bonds. The highest BCUT2D eigenvalue weighted by Gasteiger charge is 2.25. The quantitative estimate of drug-likeness (QED) is 0.646. The SMILES string of the molecule is Cc1cc2c(C3=CC(C)(O)NC(c4ccccc4Cl)=C3)ccnc2[nH]1. The molecule has 0 saturated heterocycles. The van der Waals surface area contributed by atoms with E-state index in [-0.39, 0.29) is 0 Å². The fraction of sp³-hybridized carbons (Fsp3) is 0.150. The van der Waals surface area contributed by atoms with Gasteiger partial charge in [-0.2, -0.15) is 0 Å². The standard InChI is InChI=1S/C20H18ClN3O/c1-12-9-16-14(7-8-22-19(16)23-12)13-10-18(24-20(2,25)11-13)15-5-3-4-6-17(15)21/h3-11,24-25H,1-2H3,(H,22,23). The zero-order valence-electron chi connectivity index (χ0n) is 14.0. The predicted molar refractivity (Wildman–Crippen MR) is 102 cm³/mol. The van der Waals surface area contributed by atoms with Gasteiger partial charge < -0.3 is 15.4 Å². The molecule has 0 aliphatic carbocycles. The Labute approximate surface area is 150 Å². The number of hydrogen-bond donors (Lipinski definition) is 3. The number of nitrogens with one attached hydrogen (secondary N) is 2. The highest BCUT2D eigenvalue weighted by molar-refractivity contribution is 6.32. The number of aromatic nitrogens is 2. The third kappa shape index (κ3) is 2.95. The number of benzene rings is 1. The van der Waals surface area contributed by atoms with Crippen molar-refractivity contribution >= 4 is 33.9 Å². The summed E-state index contributed by atoms with van der Waals surface area (Å²) in [7, 11) is 0. The minimum absolute atomic E-state index is 0.635. The van der Waals surface area contributed by atoms with Crippen LogP contribution < -0.4 is 5.32 Å². The first-order valence-corrected chi connectivity index (χ1v) is 8.45. The average Bonchev–Trinajstić information content (AvgIpc) is 2.93. The summed E-state index contributed by atoms with van der Waals surface area (Å²) in [5.41, 5.74) is 4.27. The van der Waals surface area contributed by atoms with Gasteiger partial charge in [0, 0.05) is 33.6 Å². The van der Waals surface area contributed by atoms with Crippen molar-refractivity contribution in [1.29, 1.82) is 0 Å². The van der Waals surface area contributed by atoms with E-state index in [0.29, 0.717) is 5.02 Å². The average molecular weight is 352 g/mol. The van der Waals surface area contributed by atoms with Crippen LogP contribution in [0.4, 0.5) is 0 Å². The molecule has 4 nitrogen and oxygen atoms in total. The summed E-state index contributed by atoms with van der Waals surface area (Å²) in [6, 6.07) is 11.6. The van der Waals surface area contributed by atoms with Gasteiger partial charge in [0.1, 0.15) is 5.65 Å². The van der Waals surface area contributed by atoms with Gasteiger partial charge in [-0.05, 0) is 55.3 Å². The number of fused-ring (bicyclic) bond motifs is 1. The second-order valence-corrected chi connectivity index (χ2v) is 6.89. The Balaban J connectivity index is 1.90. The van der Waals surface area contributed by atoms with E-state index in [1.54, 1.807) is 13.1 Å². The van der Waals surface area contributed by atoms with E-state index < -0.39 is 5.72 Å². The molecule has 5 heteroatoms. The fourth-order valence-electron chi connectivity index (χ4n) is 3.24. The van der Waals surface area contributed by atoms with Crippen LogP contribution in [0, 0.1) is 6.92 Å². The summed E-state index contributed by atoms with van der Waals surface area (Å²) in [6.45, 7) is 3.72. The summed E-state index contributed by atoms with van der Waals surface area (Å²) >= 11 is 6.35. The normalized spacial score (nSPS) is 20.2. The van der Waals surface area contributed by atoms with Crippen LogP contribution in [0.3, 0.4) is 0 Å². The highest BCUT2D eigenvalue weighted by atomic mass is 35.5. The second kappa shape index (κ2) is 5.76. The molecule has 1 aliphatic rings. The minimum atomic E-state index is -1.18. The Morgan fingerprint density at radius 1 is 1.16 bits per heavy atom. The van der Waals surface area contributed by atoms with Crippen LogP contribution in [0.5, 0.6) is 0 Å². The molecule has 4 rings (SSSR count). The molecule has 3 heterocycles. The summed E-state index contributed by atoms with van der Waals surface area (Å²) in [5, 5.41) is 15.5. The van der Waals surface area contributed by atoms with Gasteiger partial charge in [0.05, 0.1) is 0 Å². The molecule has 25 heavy (non-hydrogen) atoms. The van der Waals surface area contributed by atoms with Crippen LogP contribution in [0.25, 0.3) is 22.3 Å². The number of halogens is 1. The number of aliphatic hydroxyl groups is 1. The van der Waals surface area contributed by atoms with Crippen molar-refractivity contribution in [3.05, 3.63) is 76.6 Å². The molecule has 1 aliphatic heterocycles. The van der Waals surface area contributed by atoms with E-state index in [1.807, 2.05) is 49.4 Å². The van der Waals surface area contributed by atoms with E-state index in [0.717, 1.165) is 39.1 Å². The Morgan fingerprint density at radius 3 is 2.76 bits per heavy atom. The van der Waals surface area contributed by atoms with E-state index >= 15 is 0 Å². The van der Waals surface area contributed by atoms with Gasteiger partial charge in [-0.3, -0.25) is 0 Å². The Kier molecular flexibility index (Phi) is 3.67. The number of H-pyrrole nitrogens is 1. The Bertz CT molecular complexity index is 1030. The molecular weight excluding hydrogens is 334 g/mol. The van der Waals surface area contributed by atoms with Crippen LogP contribution in [0.15, 0.2) is 54.7 Å². The monoisotopic (exact) mass is 351 g/mol. The van der Waals surface area contributed by atoms with Gasteiger partial charge in [0.15, 0.2) is 5.72 Å². The van der Waals surface area contributed by atoms with Crippen molar-refractivity contribution in [2.45, 2.75) is 19.6 Å². The lowest BCUT2D eigenvalue weighted by Crippen LogP contribution is -2.41. The maximum atomic E-state index is 10.7. The molecule has 2 aromatic heterocycles. The lowest BCUT2D eigenvalue weighted by molar-refractivity contribution is 0.0925. The summed E-state index contributed by atoms with van der Waals surface area (Å²) in [5.74, 6) is 0. The maximum absolute atomic E-state index is 10.7. The molecule has 1 unspecified atom stereocenters. The topological polar surface area (TPSA) is 60.9 Å². The third-order valence-electron chi connectivity index (χ3n) is 4.27. The summed E-state index contributed by atoms with van der Waals surface area (Å²) in [6.07, 6.45) is 5.59. The molecule has 0 spiro atoms. The first-order chi connectivity index (χ1) is 11.9. The Morgan fingerprint density at radius 2 is 1.96 bits per heavy atom. The fourth-order valence-corrected chi connectivity index (χ4v) is 3.47. The first kappa shape index (κ1) is 15.9. The molecule has 3 aromatic rings. The number of aryl methyl sites for hydroxylation is 1. The molecule has 0 saturated carbocycles. The van der Waals surface area contributed by atoms with Crippen molar-refractivity contribution in [1.82, 2.24) is 15.3 Å². The number of allylic oxidation sites excluding steroid dienone is 2. The van der Waals surface area contributed by atoms with E-state index in [4.69, 9.17) is 11.6 Å². The molecular formula is C20H18ClN3O. The van der Waals surface area contributed by atoms with Crippen LogP contribution >= 0.6 is 11.6 Å². The Hall–Kier alpha value is -2.56. The molecule has 1 atom stereocenters. The second-order valence-electron chi connectivity index (χ2n) is 6.48. The third-order valence-corrected chi connectivity index (χ3v) is 4.60. The van der Waals surface area contributed by atoms with Crippen LogP contribution in [-0.2, 0) is 0 Å². The molecule has 0 bridgehead atoms. The van der Waals surface area contributed by atoms with E-state index in [2.05, 4.69) is 21.4 Å². The van der Waals surface area contributed by atoms with Gasteiger partial charge in [-0.1, -0.05) is 29.8 Å². The predicted octanol–water partition coefficient (Wildman–Crippen LogP) is 4.26. The van der Waals surface area contributed by atoms with Gasteiger partial charge in [0.25, 0.3) is 0 Å².